The van der Waals surface area contributed by atoms with E-state index >= 15 is 0 Å². The van der Waals surface area contributed by atoms with Gasteiger partial charge in [0, 0.05) is 19.8 Å². The van der Waals surface area contributed by atoms with Crippen molar-refractivity contribution in [3.63, 3.8) is 0 Å². The van der Waals surface area contributed by atoms with Crippen molar-refractivity contribution in [2.45, 2.75) is 59.7 Å². The summed E-state index contributed by atoms with van der Waals surface area (Å²) in [5, 5.41) is 3.54. The highest BCUT2D eigenvalue weighted by Gasteiger charge is 2.44. The Balaban J connectivity index is 2.12. The normalized spacial score (nSPS) is 30.6. The minimum Gasteiger partial charge on any atom is -0.381 e. The van der Waals surface area contributed by atoms with Crippen LogP contribution in [0, 0.1) is 17.3 Å². The SMILES string of the molecule is CC(C)C1NC(C(C)C)N(CC2(C)CCOCC2)C1=O. The zero-order valence-corrected chi connectivity index (χ0v) is 13.6. The fraction of sp³-hybridized carbons (Fsp3) is 0.938. The summed E-state index contributed by atoms with van der Waals surface area (Å²) >= 11 is 0. The molecule has 0 aromatic rings. The fourth-order valence-corrected chi connectivity index (χ4v) is 3.30. The summed E-state index contributed by atoms with van der Waals surface area (Å²) in [7, 11) is 0. The first kappa shape index (κ1) is 15.8. The van der Waals surface area contributed by atoms with Crippen molar-refractivity contribution in [1.82, 2.24) is 10.2 Å². The molecule has 2 aliphatic heterocycles. The Labute approximate surface area is 123 Å². The van der Waals surface area contributed by atoms with Crippen molar-refractivity contribution < 1.29 is 9.53 Å². The van der Waals surface area contributed by atoms with E-state index in [0.29, 0.717) is 11.8 Å². The largest absolute Gasteiger partial charge is 0.381 e. The zero-order chi connectivity index (χ0) is 14.9. The van der Waals surface area contributed by atoms with Gasteiger partial charge in [-0.3, -0.25) is 10.1 Å². The van der Waals surface area contributed by atoms with E-state index in [-0.39, 0.29) is 23.5 Å². The minimum atomic E-state index is -0.0224. The molecule has 116 valence electrons. The van der Waals surface area contributed by atoms with E-state index in [2.05, 4.69) is 44.8 Å². The van der Waals surface area contributed by atoms with Crippen molar-refractivity contribution in [3.05, 3.63) is 0 Å². The number of hydrogen-bond acceptors (Lipinski definition) is 3. The topological polar surface area (TPSA) is 41.6 Å². The van der Waals surface area contributed by atoms with Gasteiger partial charge in [-0.15, -0.1) is 0 Å². The number of ether oxygens (including phenoxy) is 1. The van der Waals surface area contributed by atoms with Gasteiger partial charge in [-0.05, 0) is 30.1 Å². The summed E-state index contributed by atoms with van der Waals surface area (Å²) in [6.45, 7) is 13.4. The monoisotopic (exact) mass is 282 g/mol. The molecule has 2 unspecified atom stereocenters. The molecular formula is C16H30N2O2. The van der Waals surface area contributed by atoms with Crippen LogP contribution in [-0.4, -0.2) is 42.8 Å². The molecule has 2 fully saturated rings. The lowest BCUT2D eigenvalue weighted by Gasteiger charge is -2.39. The summed E-state index contributed by atoms with van der Waals surface area (Å²) in [4.78, 5) is 14.8. The summed E-state index contributed by atoms with van der Waals surface area (Å²) < 4.78 is 5.47. The Kier molecular flexibility index (Phi) is 4.75. The second-order valence-electron chi connectivity index (χ2n) is 7.47. The summed E-state index contributed by atoms with van der Waals surface area (Å²) in [5.41, 5.74) is 0.203. The van der Waals surface area contributed by atoms with E-state index in [1.807, 2.05) is 0 Å². The summed E-state index contributed by atoms with van der Waals surface area (Å²) in [5.74, 6) is 1.06. The number of carbonyl (C=O) groups excluding carboxylic acids is 1. The maximum absolute atomic E-state index is 12.7. The van der Waals surface area contributed by atoms with Gasteiger partial charge in [-0.1, -0.05) is 34.6 Å². The van der Waals surface area contributed by atoms with Gasteiger partial charge in [0.05, 0.1) is 12.2 Å². The average Bonchev–Trinajstić information content (AvgIpc) is 2.68. The van der Waals surface area contributed by atoms with Gasteiger partial charge >= 0.3 is 0 Å². The molecule has 0 radical (unpaired) electrons. The molecule has 0 spiro atoms. The van der Waals surface area contributed by atoms with Crippen LogP contribution in [-0.2, 0) is 9.53 Å². The number of nitrogens with one attached hydrogen (secondary N) is 1. The third-order valence-corrected chi connectivity index (χ3v) is 4.79. The highest BCUT2D eigenvalue weighted by Crippen LogP contribution is 2.33. The lowest BCUT2D eigenvalue weighted by molar-refractivity contribution is -0.133. The third-order valence-electron chi connectivity index (χ3n) is 4.79. The molecule has 2 aliphatic rings. The van der Waals surface area contributed by atoms with Crippen molar-refractivity contribution in [1.29, 1.82) is 0 Å². The zero-order valence-electron chi connectivity index (χ0n) is 13.6. The van der Waals surface area contributed by atoms with Gasteiger partial charge in [0.2, 0.25) is 5.91 Å². The Morgan fingerprint density at radius 1 is 1.25 bits per heavy atom. The van der Waals surface area contributed by atoms with Crippen molar-refractivity contribution in [2.24, 2.45) is 17.3 Å². The molecule has 4 nitrogen and oxygen atoms in total. The Bertz CT molecular complexity index is 348. The van der Waals surface area contributed by atoms with Gasteiger partial charge in [0.25, 0.3) is 0 Å². The van der Waals surface area contributed by atoms with Gasteiger partial charge in [0.1, 0.15) is 0 Å². The Hall–Kier alpha value is -0.610. The number of amides is 1. The average molecular weight is 282 g/mol. The lowest BCUT2D eigenvalue weighted by Crippen LogP contribution is -2.47. The molecule has 0 aromatic heterocycles. The van der Waals surface area contributed by atoms with Crippen LogP contribution < -0.4 is 5.32 Å². The number of rotatable bonds is 4. The first-order chi connectivity index (χ1) is 9.34. The van der Waals surface area contributed by atoms with Crippen LogP contribution >= 0.6 is 0 Å². The number of nitrogens with zero attached hydrogens (tertiary/aromatic N) is 1. The summed E-state index contributed by atoms with van der Waals surface area (Å²) in [6, 6.07) is -0.0224. The second-order valence-corrected chi connectivity index (χ2v) is 7.47. The third kappa shape index (κ3) is 3.17. The van der Waals surface area contributed by atoms with Gasteiger partial charge in [0.15, 0.2) is 0 Å². The first-order valence-electron chi connectivity index (χ1n) is 7.98. The van der Waals surface area contributed by atoms with Crippen LogP contribution in [0.5, 0.6) is 0 Å². The van der Waals surface area contributed by atoms with Crippen LogP contribution in [0.4, 0.5) is 0 Å². The highest BCUT2D eigenvalue weighted by molar-refractivity contribution is 5.84. The van der Waals surface area contributed by atoms with Crippen LogP contribution in [0.2, 0.25) is 0 Å². The molecule has 1 amide bonds. The van der Waals surface area contributed by atoms with Crippen LogP contribution in [0.3, 0.4) is 0 Å². The van der Waals surface area contributed by atoms with Gasteiger partial charge in [-0.2, -0.15) is 0 Å². The molecule has 20 heavy (non-hydrogen) atoms. The second kappa shape index (κ2) is 6.02. The predicted molar refractivity (Wildman–Crippen MR) is 80.3 cm³/mol. The van der Waals surface area contributed by atoms with Crippen molar-refractivity contribution >= 4 is 5.91 Å². The van der Waals surface area contributed by atoms with E-state index in [1.165, 1.54) is 0 Å². The smallest absolute Gasteiger partial charge is 0.241 e. The Morgan fingerprint density at radius 3 is 2.35 bits per heavy atom. The maximum atomic E-state index is 12.7. The molecular weight excluding hydrogens is 252 g/mol. The van der Waals surface area contributed by atoms with Gasteiger partial charge < -0.3 is 9.64 Å². The molecule has 0 saturated carbocycles. The number of carbonyl (C=O) groups is 1. The first-order valence-corrected chi connectivity index (χ1v) is 7.98. The molecule has 0 bridgehead atoms. The standard InChI is InChI=1S/C16H30N2O2/c1-11(2)13-15(19)18(14(17-13)12(3)4)10-16(5)6-8-20-9-7-16/h11-14,17H,6-10H2,1-5H3. The van der Waals surface area contributed by atoms with Gasteiger partial charge in [-0.25, -0.2) is 0 Å². The van der Waals surface area contributed by atoms with E-state index in [1.54, 1.807) is 0 Å². The van der Waals surface area contributed by atoms with Crippen LogP contribution in [0.15, 0.2) is 0 Å². The Morgan fingerprint density at radius 2 is 1.85 bits per heavy atom. The van der Waals surface area contributed by atoms with Crippen LogP contribution in [0.1, 0.15) is 47.5 Å². The van der Waals surface area contributed by atoms with E-state index < -0.39 is 0 Å². The van der Waals surface area contributed by atoms with Crippen molar-refractivity contribution in [2.75, 3.05) is 19.8 Å². The van der Waals surface area contributed by atoms with E-state index in [4.69, 9.17) is 4.74 Å². The molecule has 0 aromatic carbocycles. The molecule has 0 aliphatic carbocycles. The molecule has 2 atom stereocenters. The molecule has 2 rings (SSSR count). The van der Waals surface area contributed by atoms with Crippen LogP contribution in [0.25, 0.3) is 0 Å². The lowest BCUT2D eigenvalue weighted by atomic mass is 9.81. The highest BCUT2D eigenvalue weighted by atomic mass is 16.5. The predicted octanol–water partition coefficient (Wildman–Crippen LogP) is 2.24. The molecule has 4 heteroatoms. The number of hydrogen-bond donors (Lipinski definition) is 1. The summed E-state index contributed by atoms with van der Waals surface area (Å²) in [6.07, 6.45) is 2.27. The van der Waals surface area contributed by atoms with Crippen molar-refractivity contribution in [3.8, 4) is 0 Å². The fourth-order valence-electron chi connectivity index (χ4n) is 3.30. The minimum absolute atomic E-state index is 0.0224. The molecule has 1 N–H and O–H groups in total. The van der Waals surface area contributed by atoms with E-state index in [0.717, 1.165) is 32.6 Å². The van der Waals surface area contributed by atoms with E-state index in [9.17, 15) is 4.79 Å². The quantitative estimate of drug-likeness (QED) is 0.860. The maximum Gasteiger partial charge on any atom is 0.241 e. The molecule has 2 heterocycles. The molecule has 2 saturated heterocycles.